The molecule has 0 aliphatic rings. The fourth-order valence-corrected chi connectivity index (χ4v) is 1.75. The average molecular weight is 292 g/mol. The second-order valence-electron chi connectivity index (χ2n) is 4.77. The van der Waals surface area contributed by atoms with Crippen LogP contribution in [0.4, 0.5) is 23.2 Å². The van der Waals surface area contributed by atoms with E-state index in [2.05, 4.69) is 5.32 Å². The van der Waals surface area contributed by atoms with Gasteiger partial charge in [-0.1, -0.05) is 12.1 Å². The molecule has 112 valence electrons. The van der Waals surface area contributed by atoms with E-state index in [0.717, 1.165) is 0 Å². The van der Waals surface area contributed by atoms with Crippen molar-refractivity contribution in [3.05, 3.63) is 30.1 Å². The standard InChI is InChI=1S/C13H16F4N2O/c1-12(11(18)20,7-4-8-13(15,16)17)19-10-6-3-2-5-9(10)14/h2-3,5-6,19H,4,7-8H2,1H3,(H2,18,20). The third-order valence-electron chi connectivity index (χ3n) is 2.97. The smallest absolute Gasteiger partial charge is 0.369 e. The first-order valence-electron chi connectivity index (χ1n) is 6.03. The van der Waals surface area contributed by atoms with Crippen LogP contribution in [0.5, 0.6) is 0 Å². The molecule has 1 atom stereocenters. The van der Waals surface area contributed by atoms with Crippen molar-refractivity contribution in [2.45, 2.75) is 37.9 Å². The number of halogens is 4. The zero-order valence-corrected chi connectivity index (χ0v) is 10.9. The van der Waals surface area contributed by atoms with Crippen LogP contribution < -0.4 is 11.1 Å². The van der Waals surface area contributed by atoms with Crippen LogP contribution in [0.1, 0.15) is 26.2 Å². The van der Waals surface area contributed by atoms with Gasteiger partial charge in [-0.3, -0.25) is 4.79 Å². The predicted octanol–water partition coefficient (Wildman–Crippen LogP) is 3.21. The number of hydrogen-bond acceptors (Lipinski definition) is 2. The molecule has 7 heteroatoms. The van der Waals surface area contributed by atoms with Gasteiger partial charge in [-0.25, -0.2) is 4.39 Å². The Morgan fingerprint density at radius 1 is 1.25 bits per heavy atom. The van der Waals surface area contributed by atoms with Gasteiger partial charge in [0.25, 0.3) is 0 Å². The molecule has 0 heterocycles. The lowest BCUT2D eigenvalue weighted by Crippen LogP contribution is -2.48. The van der Waals surface area contributed by atoms with E-state index in [-0.39, 0.29) is 18.5 Å². The lowest BCUT2D eigenvalue weighted by Gasteiger charge is -2.29. The molecule has 0 spiro atoms. The molecule has 0 saturated heterocycles. The molecule has 0 fully saturated rings. The van der Waals surface area contributed by atoms with Crippen molar-refractivity contribution >= 4 is 11.6 Å². The number of amides is 1. The average Bonchev–Trinajstić information content (AvgIpc) is 2.30. The van der Waals surface area contributed by atoms with E-state index < -0.39 is 29.9 Å². The molecular weight excluding hydrogens is 276 g/mol. The summed E-state index contributed by atoms with van der Waals surface area (Å²) in [6.45, 7) is 1.36. The summed E-state index contributed by atoms with van der Waals surface area (Å²) in [5.74, 6) is -1.43. The Morgan fingerprint density at radius 2 is 1.85 bits per heavy atom. The molecule has 0 saturated carbocycles. The number of hydrogen-bond donors (Lipinski definition) is 2. The maximum Gasteiger partial charge on any atom is 0.389 e. The van der Waals surface area contributed by atoms with Crippen LogP contribution in [0.25, 0.3) is 0 Å². The monoisotopic (exact) mass is 292 g/mol. The molecule has 0 aromatic heterocycles. The third-order valence-corrected chi connectivity index (χ3v) is 2.97. The lowest BCUT2D eigenvalue weighted by atomic mass is 9.93. The lowest BCUT2D eigenvalue weighted by molar-refractivity contribution is -0.137. The molecule has 0 bridgehead atoms. The van der Waals surface area contributed by atoms with Gasteiger partial charge in [0.05, 0.1) is 5.69 Å². The maximum absolute atomic E-state index is 13.5. The number of nitrogens with two attached hydrogens (primary N) is 1. The van der Waals surface area contributed by atoms with Crippen LogP contribution in [0.3, 0.4) is 0 Å². The first kappa shape index (κ1) is 16.3. The van der Waals surface area contributed by atoms with Gasteiger partial charge >= 0.3 is 6.18 Å². The molecule has 0 aliphatic heterocycles. The quantitative estimate of drug-likeness (QED) is 0.791. The summed E-state index contributed by atoms with van der Waals surface area (Å²) in [7, 11) is 0. The van der Waals surface area contributed by atoms with Crippen LogP contribution in [-0.4, -0.2) is 17.6 Å². The largest absolute Gasteiger partial charge is 0.389 e. The van der Waals surface area contributed by atoms with Gasteiger partial charge in [0, 0.05) is 6.42 Å². The van der Waals surface area contributed by atoms with E-state index in [1.54, 1.807) is 6.07 Å². The predicted molar refractivity (Wildman–Crippen MR) is 67.5 cm³/mol. The van der Waals surface area contributed by atoms with Gasteiger partial charge in [-0.15, -0.1) is 0 Å². The Bertz CT molecular complexity index is 476. The Labute approximate surface area is 114 Å². The highest BCUT2D eigenvalue weighted by molar-refractivity contribution is 5.87. The van der Waals surface area contributed by atoms with Gasteiger partial charge in [-0.05, 0) is 31.9 Å². The summed E-state index contributed by atoms with van der Waals surface area (Å²) in [6.07, 6.45) is -5.73. The van der Waals surface area contributed by atoms with E-state index in [1.165, 1.54) is 25.1 Å². The maximum atomic E-state index is 13.5. The van der Waals surface area contributed by atoms with Crippen LogP contribution in [0.15, 0.2) is 24.3 Å². The van der Waals surface area contributed by atoms with Crippen LogP contribution in [-0.2, 0) is 4.79 Å². The molecule has 1 unspecified atom stereocenters. The Kier molecular flexibility index (Phi) is 4.97. The number of primary amides is 1. The third kappa shape index (κ3) is 4.71. The molecule has 1 aromatic rings. The molecule has 20 heavy (non-hydrogen) atoms. The van der Waals surface area contributed by atoms with Crippen molar-refractivity contribution in [3.8, 4) is 0 Å². The summed E-state index contributed by atoms with van der Waals surface area (Å²) in [4.78, 5) is 11.4. The topological polar surface area (TPSA) is 55.1 Å². The Morgan fingerprint density at radius 3 is 2.35 bits per heavy atom. The molecule has 1 amide bonds. The fourth-order valence-electron chi connectivity index (χ4n) is 1.75. The zero-order valence-electron chi connectivity index (χ0n) is 10.9. The van der Waals surface area contributed by atoms with Gasteiger partial charge < -0.3 is 11.1 Å². The van der Waals surface area contributed by atoms with Crippen LogP contribution in [0.2, 0.25) is 0 Å². The van der Waals surface area contributed by atoms with E-state index >= 15 is 0 Å². The summed E-state index contributed by atoms with van der Waals surface area (Å²) < 4.78 is 49.9. The van der Waals surface area contributed by atoms with E-state index in [0.29, 0.717) is 0 Å². The van der Waals surface area contributed by atoms with Gasteiger partial charge in [-0.2, -0.15) is 13.2 Å². The number of rotatable bonds is 6. The second kappa shape index (κ2) is 6.11. The van der Waals surface area contributed by atoms with Gasteiger partial charge in [0.15, 0.2) is 0 Å². The van der Waals surface area contributed by atoms with E-state index in [9.17, 15) is 22.4 Å². The van der Waals surface area contributed by atoms with Crippen LogP contribution in [0, 0.1) is 5.82 Å². The Balaban J connectivity index is 2.77. The minimum atomic E-state index is -4.30. The minimum absolute atomic E-state index is 0.0285. The summed E-state index contributed by atoms with van der Waals surface area (Å²) in [5, 5.41) is 2.59. The second-order valence-corrected chi connectivity index (χ2v) is 4.77. The number of alkyl halides is 3. The SMILES string of the molecule is CC(CCCC(F)(F)F)(Nc1ccccc1F)C(N)=O. The van der Waals surface area contributed by atoms with Gasteiger partial charge in [0.1, 0.15) is 11.4 Å². The summed E-state index contributed by atoms with van der Waals surface area (Å²) in [6, 6.07) is 5.58. The molecule has 1 rings (SSSR count). The summed E-state index contributed by atoms with van der Waals surface area (Å²) >= 11 is 0. The van der Waals surface area contributed by atoms with Crippen molar-refractivity contribution in [2.75, 3.05) is 5.32 Å². The molecule has 0 aliphatic carbocycles. The normalized spacial score (nSPS) is 14.7. The van der Waals surface area contributed by atoms with Crippen molar-refractivity contribution in [2.24, 2.45) is 5.73 Å². The fraction of sp³-hybridized carbons (Fsp3) is 0.462. The van der Waals surface area contributed by atoms with E-state index in [1.807, 2.05) is 0 Å². The number of anilines is 1. The van der Waals surface area contributed by atoms with Gasteiger partial charge in [0.2, 0.25) is 5.91 Å². The number of carbonyl (C=O) groups is 1. The van der Waals surface area contributed by atoms with Crippen molar-refractivity contribution < 1.29 is 22.4 Å². The summed E-state index contributed by atoms with van der Waals surface area (Å²) in [5.41, 5.74) is 3.81. The van der Waals surface area contributed by atoms with Crippen molar-refractivity contribution in [1.82, 2.24) is 0 Å². The number of para-hydroxylation sites is 1. The molecule has 3 N–H and O–H groups in total. The molecule has 0 radical (unpaired) electrons. The van der Waals surface area contributed by atoms with Crippen LogP contribution >= 0.6 is 0 Å². The van der Waals surface area contributed by atoms with E-state index in [4.69, 9.17) is 5.73 Å². The molecular formula is C13H16F4N2O. The highest BCUT2D eigenvalue weighted by atomic mass is 19.4. The first-order valence-corrected chi connectivity index (χ1v) is 6.03. The zero-order chi connectivity index (χ0) is 15.4. The number of nitrogens with one attached hydrogen (secondary N) is 1. The number of benzene rings is 1. The van der Waals surface area contributed by atoms with Crippen molar-refractivity contribution in [1.29, 1.82) is 0 Å². The molecule has 1 aromatic carbocycles. The van der Waals surface area contributed by atoms with Crippen molar-refractivity contribution in [3.63, 3.8) is 0 Å². The Hall–Kier alpha value is -1.79. The minimum Gasteiger partial charge on any atom is -0.369 e. The first-order chi connectivity index (χ1) is 9.14. The highest BCUT2D eigenvalue weighted by Crippen LogP contribution is 2.27. The number of carbonyl (C=O) groups excluding carboxylic acids is 1. The highest BCUT2D eigenvalue weighted by Gasteiger charge is 2.34. The molecule has 3 nitrogen and oxygen atoms in total.